The van der Waals surface area contributed by atoms with Crippen LogP contribution in [0.1, 0.15) is 44.7 Å². The second kappa shape index (κ2) is 6.94. The molecule has 5 nitrogen and oxygen atoms in total. The summed E-state index contributed by atoms with van der Waals surface area (Å²) in [7, 11) is -5.76. The lowest BCUT2D eigenvalue weighted by atomic mass is 9.97. The normalized spacial score (nSPS) is 15.5. The Morgan fingerprint density at radius 3 is 2.38 bits per heavy atom. The Labute approximate surface area is 149 Å². The molecule has 1 aliphatic carbocycles. The molecule has 9 heteroatoms. The molecule has 1 aromatic carbocycles. The summed E-state index contributed by atoms with van der Waals surface area (Å²) in [5, 5.41) is 0. The third kappa shape index (κ3) is 4.57. The van der Waals surface area contributed by atoms with E-state index in [4.69, 9.17) is 4.74 Å². The summed E-state index contributed by atoms with van der Waals surface area (Å²) < 4.78 is 70.0. The molecule has 0 heterocycles. The van der Waals surface area contributed by atoms with Gasteiger partial charge in [-0.25, -0.2) is 0 Å². The van der Waals surface area contributed by atoms with Crippen LogP contribution < -0.4 is 4.74 Å². The average molecular weight is 392 g/mol. The third-order valence-electron chi connectivity index (χ3n) is 3.63. The minimum Gasteiger partial charge on any atom is -0.426 e. The third-order valence-corrected chi connectivity index (χ3v) is 4.59. The van der Waals surface area contributed by atoms with E-state index in [9.17, 15) is 26.4 Å². The first-order valence-corrected chi connectivity index (χ1v) is 9.28. The van der Waals surface area contributed by atoms with Crippen LogP contribution in [0.5, 0.6) is 5.75 Å². The van der Waals surface area contributed by atoms with Crippen LogP contribution in [0, 0.1) is 5.41 Å². The SMILES string of the molecule is CC(C)(C)C(=O)Oc1ccc2c(c1)CCCC=C2OS(=O)(=O)C(F)(F)F. The number of rotatable bonds is 3. The van der Waals surface area contributed by atoms with Crippen LogP contribution in [-0.2, 0) is 25.5 Å². The second-order valence-electron chi connectivity index (χ2n) is 6.90. The molecule has 144 valence electrons. The number of fused-ring (bicyclic) bond motifs is 1. The van der Waals surface area contributed by atoms with Gasteiger partial charge in [-0.05, 0) is 69.9 Å². The predicted molar refractivity (Wildman–Crippen MR) is 88.5 cm³/mol. The van der Waals surface area contributed by atoms with E-state index in [0.717, 1.165) is 0 Å². The van der Waals surface area contributed by atoms with Crippen LogP contribution in [0.3, 0.4) is 0 Å². The zero-order valence-electron chi connectivity index (χ0n) is 14.5. The van der Waals surface area contributed by atoms with Crippen LogP contribution in [0.15, 0.2) is 24.3 Å². The predicted octanol–water partition coefficient (Wildman–Crippen LogP) is 4.18. The number of esters is 1. The van der Waals surface area contributed by atoms with Gasteiger partial charge in [0.1, 0.15) is 11.5 Å². The van der Waals surface area contributed by atoms with Gasteiger partial charge in [-0.15, -0.1) is 0 Å². The molecule has 0 unspecified atom stereocenters. The molecule has 0 amide bonds. The molecule has 0 N–H and O–H groups in total. The van der Waals surface area contributed by atoms with E-state index in [1.807, 2.05) is 0 Å². The number of halogens is 3. The maximum Gasteiger partial charge on any atom is 0.534 e. The van der Waals surface area contributed by atoms with Gasteiger partial charge in [0.2, 0.25) is 0 Å². The standard InChI is InChI=1S/C17H19F3O5S/c1-16(2,3)15(21)24-12-8-9-13-11(10-12)6-4-5-7-14(13)25-26(22,23)17(18,19)20/h7-10H,4-6H2,1-3H3. The monoisotopic (exact) mass is 392 g/mol. The maximum atomic E-state index is 12.6. The number of carbonyl (C=O) groups excluding carboxylic acids is 1. The smallest absolute Gasteiger partial charge is 0.426 e. The summed E-state index contributed by atoms with van der Waals surface area (Å²) in [6, 6.07) is 4.30. The highest BCUT2D eigenvalue weighted by Crippen LogP contribution is 2.34. The Morgan fingerprint density at radius 1 is 1.15 bits per heavy atom. The Morgan fingerprint density at radius 2 is 1.81 bits per heavy atom. The van der Waals surface area contributed by atoms with Crippen molar-refractivity contribution in [3.8, 4) is 5.75 Å². The van der Waals surface area contributed by atoms with Gasteiger partial charge in [0.05, 0.1) is 5.41 Å². The van der Waals surface area contributed by atoms with E-state index in [1.165, 1.54) is 24.3 Å². The number of benzene rings is 1. The van der Waals surface area contributed by atoms with Crippen molar-refractivity contribution >= 4 is 21.8 Å². The molecule has 0 radical (unpaired) electrons. The first kappa shape index (κ1) is 20.3. The number of allylic oxidation sites excluding steroid dienone is 1. The number of aryl methyl sites for hydroxylation is 1. The molecular formula is C17H19F3O5S. The van der Waals surface area contributed by atoms with Crippen molar-refractivity contribution < 1.29 is 35.3 Å². The molecule has 1 aliphatic rings. The van der Waals surface area contributed by atoms with Crippen LogP contribution in [0.2, 0.25) is 0 Å². The van der Waals surface area contributed by atoms with Gasteiger partial charge in [0.25, 0.3) is 0 Å². The molecule has 0 spiro atoms. The van der Waals surface area contributed by atoms with Crippen molar-refractivity contribution in [1.29, 1.82) is 0 Å². The van der Waals surface area contributed by atoms with E-state index >= 15 is 0 Å². The van der Waals surface area contributed by atoms with Gasteiger partial charge in [-0.1, -0.05) is 0 Å². The minimum atomic E-state index is -5.76. The molecule has 0 fully saturated rings. The summed E-state index contributed by atoms with van der Waals surface area (Å²) in [6.45, 7) is 5.07. The van der Waals surface area contributed by atoms with Gasteiger partial charge in [0.15, 0.2) is 0 Å². The molecule has 0 aliphatic heterocycles. The summed E-state index contributed by atoms with van der Waals surface area (Å²) in [4.78, 5) is 12.0. The summed E-state index contributed by atoms with van der Waals surface area (Å²) in [5.41, 5.74) is -5.46. The van der Waals surface area contributed by atoms with Gasteiger partial charge in [-0.2, -0.15) is 21.6 Å². The largest absolute Gasteiger partial charge is 0.534 e. The Bertz CT molecular complexity index is 833. The van der Waals surface area contributed by atoms with Gasteiger partial charge in [-0.3, -0.25) is 4.79 Å². The lowest BCUT2D eigenvalue weighted by Gasteiger charge is -2.18. The fourth-order valence-electron chi connectivity index (χ4n) is 2.22. The van der Waals surface area contributed by atoms with Crippen molar-refractivity contribution in [3.63, 3.8) is 0 Å². The summed E-state index contributed by atoms with van der Waals surface area (Å²) in [5.74, 6) is -0.593. The van der Waals surface area contributed by atoms with Crippen LogP contribution in [0.25, 0.3) is 5.76 Å². The van der Waals surface area contributed by atoms with Gasteiger partial charge in [0, 0.05) is 5.56 Å². The zero-order chi connectivity index (χ0) is 19.8. The highest BCUT2D eigenvalue weighted by atomic mass is 32.2. The first-order valence-electron chi connectivity index (χ1n) is 7.88. The molecule has 26 heavy (non-hydrogen) atoms. The summed E-state index contributed by atoms with van der Waals surface area (Å²) in [6.07, 6.45) is 2.73. The zero-order valence-corrected chi connectivity index (χ0v) is 15.3. The second-order valence-corrected chi connectivity index (χ2v) is 8.44. The van der Waals surface area contributed by atoms with Crippen molar-refractivity contribution in [2.45, 2.75) is 45.5 Å². The fourth-order valence-corrected chi connectivity index (χ4v) is 2.71. The maximum absolute atomic E-state index is 12.6. The van der Waals surface area contributed by atoms with Crippen molar-refractivity contribution in [1.82, 2.24) is 0 Å². The number of alkyl halides is 3. The number of carbonyl (C=O) groups is 1. The van der Waals surface area contributed by atoms with E-state index in [0.29, 0.717) is 24.8 Å². The van der Waals surface area contributed by atoms with Crippen molar-refractivity contribution in [3.05, 3.63) is 35.4 Å². The lowest BCUT2D eigenvalue weighted by molar-refractivity contribution is -0.143. The lowest BCUT2D eigenvalue weighted by Crippen LogP contribution is -2.25. The van der Waals surface area contributed by atoms with Crippen molar-refractivity contribution in [2.24, 2.45) is 5.41 Å². The topological polar surface area (TPSA) is 69.7 Å². The van der Waals surface area contributed by atoms with E-state index in [1.54, 1.807) is 20.8 Å². The van der Waals surface area contributed by atoms with E-state index in [2.05, 4.69) is 4.18 Å². The highest BCUT2D eigenvalue weighted by Gasteiger charge is 2.49. The Kier molecular flexibility index (Phi) is 5.41. The van der Waals surface area contributed by atoms with Crippen molar-refractivity contribution in [2.75, 3.05) is 0 Å². The molecule has 2 rings (SSSR count). The van der Waals surface area contributed by atoms with E-state index in [-0.39, 0.29) is 17.1 Å². The average Bonchev–Trinajstić information content (AvgIpc) is 2.67. The minimum absolute atomic E-state index is 0.228. The number of ether oxygens (including phenoxy) is 1. The van der Waals surface area contributed by atoms with Gasteiger partial charge < -0.3 is 8.92 Å². The molecular weight excluding hydrogens is 373 g/mol. The summed E-state index contributed by atoms with van der Waals surface area (Å²) >= 11 is 0. The van der Waals surface area contributed by atoms with E-state index < -0.39 is 27.0 Å². The first-order chi connectivity index (χ1) is 11.8. The fraction of sp³-hybridized carbons (Fsp3) is 0.471. The molecule has 1 aromatic rings. The van der Waals surface area contributed by atoms with Crippen LogP contribution in [-0.4, -0.2) is 19.9 Å². The highest BCUT2D eigenvalue weighted by molar-refractivity contribution is 7.87. The molecule has 0 saturated heterocycles. The quantitative estimate of drug-likeness (QED) is 0.334. The molecule has 0 atom stereocenters. The number of hydrogen-bond acceptors (Lipinski definition) is 5. The molecule has 0 aromatic heterocycles. The molecule has 0 bridgehead atoms. The van der Waals surface area contributed by atoms with Crippen LogP contribution in [0.4, 0.5) is 13.2 Å². The Balaban J connectivity index is 2.34. The van der Waals surface area contributed by atoms with Gasteiger partial charge >= 0.3 is 21.6 Å². The Hall–Kier alpha value is -2.03. The van der Waals surface area contributed by atoms with Crippen LogP contribution >= 0.6 is 0 Å². The number of hydrogen-bond donors (Lipinski definition) is 0. The molecule has 0 saturated carbocycles.